The number of guanidine groups is 1. The van der Waals surface area contributed by atoms with Crippen LogP contribution >= 0.6 is 12.4 Å². The highest BCUT2D eigenvalue weighted by Crippen LogP contribution is 2.22. The molecule has 1 heterocycles. The van der Waals surface area contributed by atoms with Gasteiger partial charge < -0.3 is 16.8 Å². The molecule has 3 rings (SSSR count). The SMILES string of the molecule is Cc1ccc(C)c(NC(=O)c2cc(-c3ccc(N=C(N)N)cc3)n[nH]2)c1.Cl. The maximum Gasteiger partial charge on any atom is 0.273 e. The van der Waals surface area contributed by atoms with E-state index < -0.39 is 0 Å². The molecule has 0 radical (unpaired) electrons. The Morgan fingerprint density at radius 3 is 2.44 bits per heavy atom. The van der Waals surface area contributed by atoms with Gasteiger partial charge in [-0.1, -0.05) is 24.3 Å². The molecule has 2 aromatic carbocycles. The van der Waals surface area contributed by atoms with Crippen LogP contribution in [0.25, 0.3) is 11.3 Å². The summed E-state index contributed by atoms with van der Waals surface area (Å²) in [6.07, 6.45) is 0. The third kappa shape index (κ3) is 4.86. The normalized spacial score (nSPS) is 10.0. The minimum atomic E-state index is -0.241. The largest absolute Gasteiger partial charge is 0.370 e. The molecular formula is C19H21ClN6O. The number of aromatic nitrogens is 2. The van der Waals surface area contributed by atoms with Crippen molar-refractivity contribution in [3.05, 3.63) is 65.4 Å². The van der Waals surface area contributed by atoms with Crippen molar-refractivity contribution in [2.45, 2.75) is 13.8 Å². The van der Waals surface area contributed by atoms with Gasteiger partial charge in [0.25, 0.3) is 5.91 Å². The van der Waals surface area contributed by atoms with Crippen LogP contribution in [0.5, 0.6) is 0 Å². The van der Waals surface area contributed by atoms with Crippen molar-refractivity contribution in [3.8, 4) is 11.3 Å². The van der Waals surface area contributed by atoms with Gasteiger partial charge in [-0.2, -0.15) is 5.10 Å². The number of hydrogen-bond donors (Lipinski definition) is 4. The quantitative estimate of drug-likeness (QED) is 0.407. The van der Waals surface area contributed by atoms with Crippen molar-refractivity contribution in [2.24, 2.45) is 16.5 Å². The van der Waals surface area contributed by atoms with Gasteiger partial charge in [-0.15, -0.1) is 12.4 Å². The lowest BCUT2D eigenvalue weighted by Gasteiger charge is -2.08. The zero-order chi connectivity index (χ0) is 18.7. The number of carbonyl (C=O) groups excluding carboxylic acids is 1. The number of hydrogen-bond acceptors (Lipinski definition) is 3. The van der Waals surface area contributed by atoms with Gasteiger partial charge in [-0.3, -0.25) is 9.89 Å². The molecule has 1 aromatic heterocycles. The number of aromatic amines is 1. The highest BCUT2D eigenvalue weighted by Gasteiger charge is 2.12. The standard InChI is InChI=1S/C19H20N6O.ClH/c1-11-3-4-12(2)15(9-11)23-18(26)17-10-16(24-25-17)13-5-7-14(8-6-13)22-19(20)21;/h3-10H,1-2H3,(H,23,26)(H,24,25)(H4,20,21,22);1H. The van der Waals surface area contributed by atoms with E-state index in [4.69, 9.17) is 11.5 Å². The second kappa shape index (κ2) is 8.37. The van der Waals surface area contributed by atoms with E-state index in [9.17, 15) is 4.79 Å². The molecule has 0 spiro atoms. The smallest absolute Gasteiger partial charge is 0.273 e. The lowest BCUT2D eigenvalue weighted by Crippen LogP contribution is -2.21. The van der Waals surface area contributed by atoms with Crippen molar-refractivity contribution in [2.75, 3.05) is 5.32 Å². The zero-order valence-electron chi connectivity index (χ0n) is 15.0. The number of amides is 1. The van der Waals surface area contributed by atoms with Gasteiger partial charge in [0, 0.05) is 11.3 Å². The summed E-state index contributed by atoms with van der Waals surface area (Å²) in [5, 5.41) is 9.89. The van der Waals surface area contributed by atoms with Crippen molar-refractivity contribution >= 4 is 35.6 Å². The Balaban J connectivity index is 0.00000261. The fourth-order valence-corrected chi connectivity index (χ4v) is 2.50. The molecule has 0 fully saturated rings. The van der Waals surface area contributed by atoms with Gasteiger partial charge >= 0.3 is 0 Å². The van der Waals surface area contributed by atoms with Crippen LogP contribution in [-0.4, -0.2) is 22.1 Å². The summed E-state index contributed by atoms with van der Waals surface area (Å²) in [4.78, 5) is 16.4. The number of aryl methyl sites for hydroxylation is 2. The highest BCUT2D eigenvalue weighted by atomic mass is 35.5. The average Bonchev–Trinajstić information content (AvgIpc) is 3.08. The first-order chi connectivity index (χ1) is 12.4. The van der Waals surface area contributed by atoms with Gasteiger partial charge in [0.2, 0.25) is 0 Å². The molecule has 0 aliphatic rings. The number of benzene rings is 2. The molecule has 0 aliphatic heterocycles. The molecule has 7 nitrogen and oxygen atoms in total. The van der Waals surface area contributed by atoms with E-state index in [1.54, 1.807) is 18.2 Å². The predicted molar refractivity (Wildman–Crippen MR) is 111 cm³/mol. The number of nitrogens with one attached hydrogen (secondary N) is 2. The number of H-pyrrole nitrogens is 1. The maximum atomic E-state index is 12.5. The Bertz CT molecular complexity index is 974. The molecule has 0 saturated heterocycles. The van der Waals surface area contributed by atoms with Crippen LogP contribution in [0.4, 0.5) is 11.4 Å². The van der Waals surface area contributed by atoms with Gasteiger partial charge in [-0.05, 0) is 49.2 Å². The number of halogens is 1. The van der Waals surface area contributed by atoms with E-state index in [2.05, 4.69) is 20.5 Å². The fraction of sp³-hybridized carbons (Fsp3) is 0.105. The first-order valence-corrected chi connectivity index (χ1v) is 8.06. The molecule has 0 unspecified atom stereocenters. The van der Waals surface area contributed by atoms with Crippen LogP contribution < -0.4 is 16.8 Å². The summed E-state index contributed by atoms with van der Waals surface area (Å²) in [6, 6.07) is 14.9. The minimum Gasteiger partial charge on any atom is -0.370 e. The van der Waals surface area contributed by atoms with Crippen LogP contribution in [0.2, 0.25) is 0 Å². The van der Waals surface area contributed by atoms with E-state index in [0.717, 1.165) is 22.4 Å². The fourth-order valence-electron chi connectivity index (χ4n) is 2.50. The Labute approximate surface area is 163 Å². The van der Waals surface area contributed by atoms with Crippen molar-refractivity contribution in [1.82, 2.24) is 10.2 Å². The number of anilines is 1. The Morgan fingerprint density at radius 2 is 1.78 bits per heavy atom. The Kier molecular flexibility index (Phi) is 6.20. The molecule has 1 amide bonds. The second-order valence-corrected chi connectivity index (χ2v) is 6.02. The lowest BCUT2D eigenvalue weighted by atomic mass is 10.1. The lowest BCUT2D eigenvalue weighted by molar-refractivity contribution is 0.102. The van der Waals surface area contributed by atoms with Crippen LogP contribution in [0.3, 0.4) is 0 Å². The topological polar surface area (TPSA) is 122 Å². The maximum absolute atomic E-state index is 12.5. The molecule has 0 bridgehead atoms. The molecule has 0 aliphatic carbocycles. The third-order valence-electron chi connectivity index (χ3n) is 3.89. The minimum absolute atomic E-state index is 0. The van der Waals surface area contributed by atoms with E-state index in [0.29, 0.717) is 17.1 Å². The summed E-state index contributed by atoms with van der Waals surface area (Å²) in [6.45, 7) is 3.93. The molecule has 0 atom stereocenters. The average molecular weight is 385 g/mol. The molecule has 6 N–H and O–H groups in total. The third-order valence-corrected chi connectivity index (χ3v) is 3.89. The van der Waals surface area contributed by atoms with Gasteiger partial charge in [0.1, 0.15) is 5.69 Å². The number of carbonyl (C=O) groups is 1. The molecule has 3 aromatic rings. The number of rotatable bonds is 4. The van der Waals surface area contributed by atoms with Gasteiger partial charge in [-0.25, -0.2) is 4.99 Å². The van der Waals surface area contributed by atoms with Crippen molar-refractivity contribution in [3.63, 3.8) is 0 Å². The summed E-state index contributed by atoms with van der Waals surface area (Å²) in [7, 11) is 0. The number of aliphatic imine (C=N–C) groups is 1. The first-order valence-electron chi connectivity index (χ1n) is 8.06. The molecule has 0 saturated carbocycles. The Morgan fingerprint density at radius 1 is 1.07 bits per heavy atom. The van der Waals surface area contributed by atoms with Gasteiger partial charge in [0.05, 0.1) is 11.4 Å². The van der Waals surface area contributed by atoms with Crippen molar-refractivity contribution < 1.29 is 4.79 Å². The van der Waals surface area contributed by atoms with E-state index >= 15 is 0 Å². The first kappa shape index (κ1) is 20.0. The number of nitrogens with two attached hydrogens (primary N) is 2. The molecule has 27 heavy (non-hydrogen) atoms. The summed E-state index contributed by atoms with van der Waals surface area (Å²) < 4.78 is 0. The number of nitrogens with zero attached hydrogens (tertiary/aromatic N) is 2. The molecule has 8 heteroatoms. The summed E-state index contributed by atoms with van der Waals surface area (Å²) in [5.74, 6) is -0.238. The van der Waals surface area contributed by atoms with Crippen LogP contribution in [0.15, 0.2) is 53.5 Å². The second-order valence-electron chi connectivity index (χ2n) is 6.02. The summed E-state index contributed by atoms with van der Waals surface area (Å²) >= 11 is 0. The monoisotopic (exact) mass is 384 g/mol. The predicted octanol–water partition coefficient (Wildman–Crippen LogP) is 3.27. The van der Waals surface area contributed by atoms with Crippen molar-refractivity contribution in [1.29, 1.82) is 0 Å². The van der Waals surface area contributed by atoms with E-state index in [1.807, 2.05) is 44.2 Å². The van der Waals surface area contributed by atoms with E-state index in [-0.39, 0.29) is 24.3 Å². The van der Waals surface area contributed by atoms with Crippen LogP contribution in [0, 0.1) is 13.8 Å². The summed E-state index contributed by atoms with van der Waals surface area (Å²) in [5.41, 5.74) is 16.1. The molecular weight excluding hydrogens is 364 g/mol. The zero-order valence-corrected chi connectivity index (χ0v) is 15.8. The molecule has 140 valence electrons. The van der Waals surface area contributed by atoms with Gasteiger partial charge in [0.15, 0.2) is 5.96 Å². The van der Waals surface area contributed by atoms with Crippen LogP contribution in [-0.2, 0) is 0 Å². The van der Waals surface area contributed by atoms with Crippen LogP contribution in [0.1, 0.15) is 21.6 Å². The highest BCUT2D eigenvalue weighted by molar-refractivity contribution is 6.03. The van der Waals surface area contributed by atoms with E-state index in [1.165, 1.54) is 0 Å². The Hall–Kier alpha value is -3.32.